The Morgan fingerprint density at radius 1 is 1.10 bits per heavy atom. The predicted molar refractivity (Wildman–Crippen MR) is 84.5 cm³/mol. The Balaban J connectivity index is 2.19. The number of benzene rings is 1. The Hall–Kier alpha value is -1.87. The van der Waals surface area contributed by atoms with Crippen LogP contribution in [0.4, 0.5) is 0 Å². The smallest absolute Gasteiger partial charge is 0.137 e. The second kappa shape index (κ2) is 7.79. The summed E-state index contributed by atoms with van der Waals surface area (Å²) in [7, 11) is 0. The van der Waals surface area contributed by atoms with Gasteiger partial charge in [0, 0.05) is 17.7 Å². The molecule has 0 aliphatic rings. The molecule has 0 amide bonds. The Morgan fingerprint density at radius 3 is 2.52 bits per heavy atom. The molecular formula is C18H23NO2. The van der Waals surface area contributed by atoms with Crippen LogP contribution in [0.15, 0.2) is 48.8 Å². The van der Waals surface area contributed by atoms with E-state index >= 15 is 0 Å². The van der Waals surface area contributed by atoms with Crippen LogP contribution in [-0.4, -0.2) is 16.7 Å². The number of aromatic nitrogens is 1. The largest absolute Gasteiger partial charge is 0.492 e. The quantitative estimate of drug-likeness (QED) is 0.833. The van der Waals surface area contributed by atoms with Crippen LogP contribution in [0.1, 0.15) is 49.8 Å². The third kappa shape index (κ3) is 4.05. The number of aliphatic hydroxyl groups is 1. The van der Waals surface area contributed by atoms with Gasteiger partial charge in [0.1, 0.15) is 5.75 Å². The van der Waals surface area contributed by atoms with Crippen molar-refractivity contribution < 1.29 is 9.84 Å². The Bertz CT molecular complexity index is 542. The molecule has 1 aromatic heterocycles. The fourth-order valence-corrected chi connectivity index (χ4v) is 2.47. The second-order valence-electron chi connectivity index (χ2n) is 5.17. The molecule has 3 nitrogen and oxygen atoms in total. The highest BCUT2D eigenvalue weighted by atomic mass is 16.5. The average Bonchev–Trinajstić information content (AvgIpc) is 2.55. The fourth-order valence-electron chi connectivity index (χ4n) is 2.47. The standard InChI is InChI=1S/C18H23NO2/c1-3-10-21-16-11-15(12-19-13-16)18(20)17(4-2)14-8-6-5-7-9-14/h5-9,11-13,17-18,20H,3-4,10H2,1-2H3. The van der Waals surface area contributed by atoms with Crippen molar-refractivity contribution in [3.63, 3.8) is 0 Å². The Kier molecular flexibility index (Phi) is 5.76. The first-order chi connectivity index (χ1) is 10.3. The van der Waals surface area contributed by atoms with Gasteiger partial charge in [-0.15, -0.1) is 0 Å². The highest BCUT2D eigenvalue weighted by Gasteiger charge is 2.21. The Morgan fingerprint density at radius 2 is 1.86 bits per heavy atom. The molecule has 3 heteroatoms. The Labute approximate surface area is 126 Å². The minimum Gasteiger partial charge on any atom is -0.492 e. The van der Waals surface area contributed by atoms with Gasteiger partial charge < -0.3 is 9.84 Å². The summed E-state index contributed by atoms with van der Waals surface area (Å²) in [6.07, 6.45) is 4.65. The maximum Gasteiger partial charge on any atom is 0.137 e. The lowest BCUT2D eigenvalue weighted by atomic mass is 9.88. The molecule has 1 N–H and O–H groups in total. The molecular weight excluding hydrogens is 262 g/mol. The molecule has 1 aromatic carbocycles. The van der Waals surface area contributed by atoms with E-state index in [1.807, 2.05) is 24.3 Å². The lowest BCUT2D eigenvalue weighted by Crippen LogP contribution is -2.11. The normalized spacial score (nSPS) is 13.7. The summed E-state index contributed by atoms with van der Waals surface area (Å²) >= 11 is 0. The molecule has 0 saturated heterocycles. The van der Waals surface area contributed by atoms with Crippen LogP contribution in [0.25, 0.3) is 0 Å². The van der Waals surface area contributed by atoms with Crippen LogP contribution in [0.2, 0.25) is 0 Å². The summed E-state index contributed by atoms with van der Waals surface area (Å²) in [5.41, 5.74) is 1.95. The molecule has 0 radical (unpaired) electrons. The van der Waals surface area contributed by atoms with Crippen molar-refractivity contribution in [2.75, 3.05) is 6.61 Å². The van der Waals surface area contributed by atoms with E-state index in [2.05, 4.69) is 31.0 Å². The lowest BCUT2D eigenvalue weighted by molar-refractivity contribution is 0.141. The molecule has 2 aromatic rings. The number of rotatable bonds is 7. The zero-order valence-corrected chi connectivity index (χ0v) is 12.7. The van der Waals surface area contributed by atoms with E-state index in [1.54, 1.807) is 12.4 Å². The van der Waals surface area contributed by atoms with E-state index < -0.39 is 6.10 Å². The van der Waals surface area contributed by atoms with Gasteiger partial charge in [-0.2, -0.15) is 0 Å². The third-order valence-corrected chi connectivity index (χ3v) is 3.60. The number of hydrogen-bond acceptors (Lipinski definition) is 3. The van der Waals surface area contributed by atoms with Gasteiger partial charge in [0.05, 0.1) is 18.9 Å². The van der Waals surface area contributed by atoms with Gasteiger partial charge in [-0.3, -0.25) is 4.98 Å². The summed E-state index contributed by atoms with van der Waals surface area (Å²) in [4.78, 5) is 4.18. The topological polar surface area (TPSA) is 42.4 Å². The van der Waals surface area contributed by atoms with Gasteiger partial charge in [-0.05, 0) is 24.5 Å². The van der Waals surface area contributed by atoms with Gasteiger partial charge in [0.25, 0.3) is 0 Å². The zero-order chi connectivity index (χ0) is 15.1. The molecule has 2 atom stereocenters. The van der Waals surface area contributed by atoms with Crippen molar-refractivity contribution in [2.24, 2.45) is 0 Å². The molecule has 112 valence electrons. The van der Waals surface area contributed by atoms with Gasteiger partial charge in [-0.25, -0.2) is 0 Å². The molecule has 2 rings (SSSR count). The number of hydrogen-bond donors (Lipinski definition) is 1. The molecule has 0 saturated carbocycles. The monoisotopic (exact) mass is 285 g/mol. The second-order valence-corrected chi connectivity index (χ2v) is 5.17. The highest BCUT2D eigenvalue weighted by Crippen LogP contribution is 2.34. The molecule has 21 heavy (non-hydrogen) atoms. The first-order valence-corrected chi connectivity index (χ1v) is 7.57. The molecule has 0 fully saturated rings. The molecule has 2 unspecified atom stereocenters. The SMILES string of the molecule is CCCOc1cncc(C(O)C(CC)c2ccccc2)c1. The fraction of sp³-hybridized carbons (Fsp3) is 0.389. The van der Waals surface area contributed by atoms with Crippen LogP contribution >= 0.6 is 0 Å². The highest BCUT2D eigenvalue weighted by molar-refractivity contribution is 5.29. The summed E-state index contributed by atoms with van der Waals surface area (Å²) in [6, 6.07) is 12.0. The van der Waals surface area contributed by atoms with Crippen LogP contribution in [0.5, 0.6) is 5.75 Å². The van der Waals surface area contributed by atoms with Crippen molar-refractivity contribution >= 4 is 0 Å². The van der Waals surface area contributed by atoms with Crippen LogP contribution < -0.4 is 4.74 Å². The number of nitrogens with zero attached hydrogens (tertiary/aromatic N) is 1. The minimum absolute atomic E-state index is 0.0643. The minimum atomic E-state index is -0.574. The summed E-state index contributed by atoms with van der Waals surface area (Å²) in [6.45, 7) is 4.82. The van der Waals surface area contributed by atoms with Gasteiger partial charge >= 0.3 is 0 Å². The number of pyridine rings is 1. The van der Waals surface area contributed by atoms with E-state index in [1.165, 1.54) is 0 Å². The average molecular weight is 285 g/mol. The maximum absolute atomic E-state index is 10.7. The molecule has 0 spiro atoms. The molecule has 0 bridgehead atoms. The number of ether oxygens (including phenoxy) is 1. The summed E-state index contributed by atoms with van der Waals surface area (Å²) in [5, 5.41) is 10.7. The van der Waals surface area contributed by atoms with Crippen molar-refractivity contribution in [1.82, 2.24) is 4.98 Å². The van der Waals surface area contributed by atoms with Gasteiger partial charge in [0.15, 0.2) is 0 Å². The lowest BCUT2D eigenvalue weighted by Gasteiger charge is -2.22. The predicted octanol–water partition coefficient (Wildman–Crippen LogP) is 4.10. The first-order valence-electron chi connectivity index (χ1n) is 7.57. The maximum atomic E-state index is 10.7. The summed E-state index contributed by atoms with van der Waals surface area (Å²) in [5.74, 6) is 0.783. The van der Waals surface area contributed by atoms with E-state index in [0.717, 1.165) is 29.7 Å². The van der Waals surface area contributed by atoms with Gasteiger partial charge in [-0.1, -0.05) is 44.2 Å². The third-order valence-electron chi connectivity index (χ3n) is 3.60. The van der Waals surface area contributed by atoms with E-state index in [4.69, 9.17) is 4.74 Å². The zero-order valence-electron chi connectivity index (χ0n) is 12.7. The van der Waals surface area contributed by atoms with Crippen molar-refractivity contribution in [3.05, 3.63) is 59.9 Å². The molecule has 0 aliphatic carbocycles. The number of aliphatic hydroxyl groups excluding tert-OH is 1. The first kappa shape index (κ1) is 15.5. The van der Waals surface area contributed by atoms with E-state index in [9.17, 15) is 5.11 Å². The van der Waals surface area contributed by atoms with Crippen molar-refractivity contribution in [1.29, 1.82) is 0 Å². The molecule has 1 heterocycles. The van der Waals surface area contributed by atoms with Gasteiger partial charge in [0.2, 0.25) is 0 Å². The van der Waals surface area contributed by atoms with Crippen LogP contribution in [0.3, 0.4) is 0 Å². The summed E-state index contributed by atoms with van der Waals surface area (Å²) < 4.78 is 5.59. The van der Waals surface area contributed by atoms with E-state index in [0.29, 0.717) is 6.61 Å². The van der Waals surface area contributed by atoms with Crippen molar-refractivity contribution in [3.8, 4) is 5.75 Å². The van der Waals surface area contributed by atoms with Crippen LogP contribution in [-0.2, 0) is 0 Å². The van der Waals surface area contributed by atoms with E-state index in [-0.39, 0.29) is 5.92 Å². The van der Waals surface area contributed by atoms with Crippen LogP contribution in [0, 0.1) is 0 Å². The van der Waals surface area contributed by atoms with Crippen molar-refractivity contribution in [2.45, 2.75) is 38.7 Å². The molecule has 0 aliphatic heterocycles.